The summed E-state index contributed by atoms with van der Waals surface area (Å²) in [6, 6.07) is 6.38. The number of nitrogens with zero attached hydrogens (tertiary/aromatic N) is 1. The molecule has 1 fully saturated rings. The number of alkyl halides is 3. The van der Waals surface area contributed by atoms with Crippen LogP contribution in [0.5, 0.6) is 0 Å². The van der Waals surface area contributed by atoms with Crippen LogP contribution in [0.25, 0.3) is 0 Å². The van der Waals surface area contributed by atoms with Crippen LogP contribution in [-0.2, 0) is 20.9 Å². The first-order chi connectivity index (χ1) is 12.2. The van der Waals surface area contributed by atoms with Gasteiger partial charge < -0.3 is 20.3 Å². The molecule has 1 aliphatic heterocycles. The van der Waals surface area contributed by atoms with Crippen LogP contribution in [0.2, 0.25) is 0 Å². The van der Waals surface area contributed by atoms with Gasteiger partial charge in [0.2, 0.25) is 0 Å². The van der Waals surface area contributed by atoms with E-state index in [1.54, 1.807) is 24.3 Å². The molecular formula is C17H23ClF3N3O3. The Hall–Kier alpha value is -1.84. The highest BCUT2D eigenvalue weighted by Gasteiger charge is 2.41. The maximum Gasteiger partial charge on any atom is 0.471 e. The molecule has 0 spiro atoms. The molecule has 152 valence electrons. The Kier molecular flexibility index (Phi) is 8.06. The lowest BCUT2D eigenvalue weighted by Crippen LogP contribution is -2.51. The molecule has 27 heavy (non-hydrogen) atoms. The van der Waals surface area contributed by atoms with Gasteiger partial charge in [-0.25, -0.2) is 0 Å². The van der Waals surface area contributed by atoms with Crippen molar-refractivity contribution in [3.8, 4) is 0 Å². The quantitative estimate of drug-likeness (QED) is 0.783. The molecule has 0 unspecified atom stereocenters. The van der Waals surface area contributed by atoms with Gasteiger partial charge in [-0.1, -0.05) is 12.1 Å². The number of anilines is 1. The predicted octanol–water partition coefficient (Wildman–Crippen LogP) is 2.34. The van der Waals surface area contributed by atoms with E-state index in [0.29, 0.717) is 42.1 Å². The number of carbonyl (C=O) groups excluding carboxylic acids is 2. The minimum absolute atomic E-state index is 0. The molecule has 1 heterocycles. The topological polar surface area (TPSA) is 70.7 Å². The lowest BCUT2D eigenvalue weighted by Gasteiger charge is -2.34. The van der Waals surface area contributed by atoms with Crippen LogP contribution < -0.4 is 10.6 Å². The predicted molar refractivity (Wildman–Crippen MR) is 96.7 cm³/mol. The van der Waals surface area contributed by atoms with Crippen LogP contribution in [0.1, 0.15) is 18.4 Å². The molecule has 0 aliphatic carbocycles. The fraction of sp³-hybridized carbons (Fsp3) is 0.529. The lowest BCUT2D eigenvalue weighted by atomic mass is 9.91. The molecule has 2 rings (SSSR count). The van der Waals surface area contributed by atoms with Gasteiger partial charge in [0.15, 0.2) is 0 Å². The van der Waals surface area contributed by atoms with Crippen molar-refractivity contribution in [3.63, 3.8) is 0 Å². The third-order valence-electron chi connectivity index (χ3n) is 4.41. The van der Waals surface area contributed by atoms with Crippen molar-refractivity contribution in [3.05, 3.63) is 29.8 Å². The van der Waals surface area contributed by atoms with Gasteiger partial charge in [-0.15, -0.1) is 12.4 Å². The monoisotopic (exact) mass is 409 g/mol. The summed E-state index contributed by atoms with van der Waals surface area (Å²) < 4.78 is 42.9. The first kappa shape index (κ1) is 23.2. The van der Waals surface area contributed by atoms with Crippen LogP contribution in [0.4, 0.5) is 18.9 Å². The van der Waals surface area contributed by atoms with E-state index in [0.717, 1.165) is 7.05 Å². The summed E-state index contributed by atoms with van der Waals surface area (Å²) in [6.45, 7) is 1.10. The summed E-state index contributed by atoms with van der Waals surface area (Å²) >= 11 is 0. The van der Waals surface area contributed by atoms with Crippen molar-refractivity contribution < 1.29 is 27.5 Å². The van der Waals surface area contributed by atoms with Crippen molar-refractivity contribution in [2.24, 2.45) is 0 Å². The van der Waals surface area contributed by atoms with E-state index in [-0.39, 0.29) is 24.9 Å². The Morgan fingerprint density at radius 1 is 1.30 bits per heavy atom. The van der Waals surface area contributed by atoms with Gasteiger partial charge in [0.25, 0.3) is 5.91 Å². The molecule has 1 saturated heterocycles. The average molecular weight is 410 g/mol. The Balaban J connectivity index is 0.00000364. The summed E-state index contributed by atoms with van der Waals surface area (Å²) in [6.07, 6.45) is -3.86. The number of piperidine rings is 1. The number of rotatable bonds is 5. The Bertz CT molecular complexity index is 664. The van der Waals surface area contributed by atoms with Crippen LogP contribution in [0.15, 0.2) is 24.3 Å². The summed E-state index contributed by atoms with van der Waals surface area (Å²) in [5.41, 5.74) is -0.0143. The molecule has 0 atom stereocenters. The third-order valence-corrected chi connectivity index (χ3v) is 4.41. The summed E-state index contributed by atoms with van der Waals surface area (Å²) in [5, 5.41) is 5.92. The van der Waals surface area contributed by atoms with E-state index in [2.05, 4.69) is 10.6 Å². The molecule has 0 radical (unpaired) electrons. The lowest BCUT2D eigenvalue weighted by molar-refractivity contribution is -0.184. The maximum atomic E-state index is 12.6. The van der Waals surface area contributed by atoms with Gasteiger partial charge >= 0.3 is 12.1 Å². The Labute approximate surface area is 161 Å². The summed E-state index contributed by atoms with van der Waals surface area (Å²) in [4.78, 5) is 24.4. The summed E-state index contributed by atoms with van der Waals surface area (Å²) in [5.74, 6) is -2.21. The minimum atomic E-state index is -4.92. The van der Waals surface area contributed by atoms with E-state index < -0.39 is 17.7 Å². The molecule has 1 aromatic carbocycles. The van der Waals surface area contributed by atoms with E-state index in [4.69, 9.17) is 4.74 Å². The van der Waals surface area contributed by atoms with Gasteiger partial charge in [-0.3, -0.25) is 9.59 Å². The van der Waals surface area contributed by atoms with Crippen LogP contribution in [0, 0.1) is 0 Å². The zero-order valence-corrected chi connectivity index (χ0v) is 15.9. The second-order valence-electron chi connectivity index (χ2n) is 6.26. The third kappa shape index (κ3) is 5.82. The van der Waals surface area contributed by atoms with Crippen molar-refractivity contribution in [1.29, 1.82) is 0 Å². The fourth-order valence-corrected chi connectivity index (χ4v) is 2.91. The SMILES string of the molecule is COC1(C(=O)Nc2cccc(CN(C)C(=O)C(F)(F)F)c2)CCNCC1.Cl. The molecule has 0 bridgehead atoms. The number of amides is 2. The summed E-state index contributed by atoms with van der Waals surface area (Å²) in [7, 11) is 2.56. The molecule has 10 heteroatoms. The molecule has 2 amide bonds. The van der Waals surface area contributed by atoms with Gasteiger partial charge in [-0.2, -0.15) is 13.2 Å². The van der Waals surface area contributed by atoms with Crippen molar-refractivity contribution in [2.45, 2.75) is 31.2 Å². The number of carbonyl (C=O) groups is 2. The molecule has 1 aliphatic rings. The molecule has 0 saturated carbocycles. The first-order valence-corrected chi connectivity index (χ1v) is 8.16. The highest BCUT2D eigenvalue weighted by Crippen LogP contribution is 2.25. The Morgan fingerprint density at radius 2 is 1.93 bits per heavy atom. The first-order valence-electron chi connectivity index (χ1n) is 8.16. The van der Waals surface area contributed by atoms with Crippen molar-refractivity contribution >= 4 is 29.9 Å². The van der Waals surface area contributed by atoms with Crippen molar-refractivity contribution in [1.82, 2.24) is 10.2 Å². The average Bonchev–Trinajstić information content (AvgIpc) is 2.61. The highest BCUT2D eigenvalue weighted by molar-refractivity contribution is 5.97. The minimum Gasteiger partial charge on any atom is -0.368 e. The number of ether oxygens (including phenoxy) is 1. The van der Waals surface area contributed by atoms with Crippen LogP contribution in [0.3, 0.4) is 0 Å². The van der Waals surface area contributed by atoms with Gasteiger partial charge in [0.1, 0.15) is 5.60 Å². The largest absolute Gasteiger partial charge is 0.471 e. The van der Waals surface area contributed by atoms with Gasteiger partial charge in [0, 0.05) is 26.4 Å². The van der Waals surface area contributed by atoms with E-state index >= 15 is 0 Å². The number of halogens is 4. The fourth-order valence-electron chi connectivity index (χ4n) is 2.91. The van der Waals surface area contributed by atoms with Gasteiger partial charge in [-0.05, 0) is 43.6 Å². The van der Waals surface area contributed by atoms with Crippen molar-refractivity contribution in [2.75, 3.05) is 32.6 Å². The second-order valence-corrected chi connectivity index (χ2v) is 6.26. The Morgan fingerprint density at radius 3 is 2.48 bits per heavy atom. The zero-order valence-electron chi connectivity index (χ0n) is 15.1. The van der Waals surface area contributed by atoms with E-state index in [1.807, 2.05) is 0 Å². The van der Waals surface area contributed by atoms with Crippen LogP contribution >= 0.6 is 12.4 Å². The molecule has 2 N–H and O–H groups in total. The second kappa shape index (κ2) is 9.38. The highest BCUT2D eigenvalue weighted by atomic mass is 35.5. The smallest absolute Gasteiger partial charge is 0.368 e. The number of benzene rings is 1. The molecule has 6 nitrogen and oxygen atoms in total. The number of methoxy groups -OCH3 is 1. The van der Waals surface area contributed by atoms with E-state index in [1.165, 1.54) is 7.11 Å². The van der Waals surface area contributed by atoms with E-state index in [9.17, 15) is 22.8 Å². The molecule has 0 aromatic heterocycles. The normalized spacial score (nSPS) is 16.2. The molecule has 1 aromatic rings. The number of nitrogens with one attached hydrogen (secondary N) is 2. The number of hydrogen-bond donors (Lipinski definition) is 2. The maximum absolute atomic E-state index is 12.6. The zero-order chi connectivity index (χ0) is 19.4. The van der Waals surface area contributed by atoms with Crippen LogP contribution in [-0.4, -0.2) is 55.7 Å². The molecular weight excluding hydrogens is 387 g/mol. The standard InChI is InChI=1S/C17H22F3N3O3.ClH/c1-23(15(25)17(18,19)20)11-12-4-3-5-13(10-12)22-14(24)16(26-2)6-8-21-9-7-16;/h3-5,10,21H,6-9,11H2,1-2H3,(H,22,24);1H. The number of hydrogen-bond acceptors (Lipinski definition) is 4. The van der Waals surface area contributed by atoms with Gasteiger partial charge in [0.05, 0.1) is 0 Å².